The van der Waals surface area contributed by atoms with Gasteiger partial charge >= 0.3 is 11.9 Å². The fourth-order valence-corrected chi connectivity index (χ4v) is 2.03. The Morgan fingerprint density at radius 3 is 2.17 bits per heavy atom. The van der Waals surface area contributed by atoms with E-state index >= 15 is 0 Å². The highest BCUT2D eigenvalue weighted by Gasteiger charge is 2.29. The van der Waals surface area contributed by atoms with Gasteiger partial charge in [-0.1, -0.05) is 26.7 Å². The van der Waals surface area contributed by atoms with Gasteiger partial charge in [-0.25, -0.2) is 0 Å². The van der Waals surface area contributed by atoms with E-state index in [1.165, 1.54) is 0 Å². The minimum Gasteiger partial charge on any atom is -0.465 e. The molecule has 0 aromatic rings. The molecule has 0 aliphatic heterocycles. The number of aliphatic hydroxyl groups excluding tert-OH is 1. The molecule has 6 heteroatoms. The van der Waals surface area contributed by atoms with Crippen LogP contribution < -0.4 is 0 Å². The molecule has 0 radical (unpaired) electrons. The molecule has 0 aromatic carbocycles. The molecule has 0 aliphatic carbocycles. The Labute approximate surface area is 139 Å². The van der Waals surface area contributed by atoms with Gasteiger partial charge in [0.05, 0.1) is 13.2 Å². The summed E-state index contributed by atoms with van der Waals surface area (Å²) in [7, 11) is 0. The third kappa shape index (κ3) is 11.1. The topological polar surface area (TPSA) is 82.1 Å². The Balaban J connectivity index is 4.17. The molecule has 0 rings (SSSR count). The molecule has 1 N–H and O–H groups in total. The largest absolute Gasteiger partial charge is 0.465 e. The molecular weight excluding hydrogens is 300 g/mol. The Morgan fingerprint density at radius 1 is 0.870 bits per heavy atom. The third-order valence-electron chi connectivity index (χ3n) is 3.31. The van der Waals surface area contributed by atoms with Gasteiger partial charge in [-0.3, -0.25) is 9.59 Å². The second-order valence-electron chi connectivity index (χ2n) is 5.44. The highest BCUT2D eigenvalue weighted by atomic mass is 16.6. The molecule has 0 heterocycles. The highest BCUT2D eigenvalue weighted by molar-refractivity contribution is 5.94. The second kappa shape index (κ2) is 14.5. The van der Waals surface area contributed by atoms with Crippen molar-refractivity contribution in [1.82, 2.24) is 0 Å². The van der Waals surface area contributed by atoms with Gasteiger partial charge in [-0.15, -0.1) is 0 Å². The van der Waals surface area contributed by atoms with Crippen LogP contribution in [0.2, 0.25) is 0 Å². The molecule has 0 spiro atoms. The predicted molar refractivity (Wildman–Crippen MR) is 86.7 cm³/mol. The van der Waals surface area contributed by atoms with E-state index in [2.05, 4.69) is 6.92 Å². The SMILES string of the molecule is CCCCCOC(O)CCCC(C(=O)OCC)C(=O)OCCC. The normalized spacial score (nSPS) is 13.4. The van der Waals surface area contributed by atoms with E-state index in [0.29, 0.717) is 25.9 Å². The predicted octanol–water partition coefficient (Wildman–Crippen LogP) is 2.81. The molecule has 23 heavy (non-hydrogen) atoms. The molecule has 0 fully saturated rings. The van der Waals surface area contributed by atoms with Crippen molar-refractivity contribution in [3.63, 3.8) is 0 Å². The van der Waals surface area contributed by atoms with Gasteiger partial charge in [0.1, 0.15) is 0 Å². The molecule has 2 unspecified atom stereocenters. The van der Waals surface area contributed by atoms with Crippen molar-refractivity contribution in [3.8, 4) is 0 Å². The number of esters is 2. The molecule has 0 aromatic heterocycles. The minimum atomic E-state index is -0.922. The highest BCUT2D eigenvalue weighted by Crippen LogP contribution is 2.15. The van der Waals surface area contributed by atoms with Crippen molar-refractivity contribution >= 4 is 11.9 Å². The molecule has 0 saturated carbocycles. The number of hydrogen-bond donors (Lipinski definition) is 1. The van der Waals surface area contributed by atoms with Crippen molar-refractivity contribution in [1.29, 1.82) is 0 Å². The van der Waals surface area contributed by atoms with Gasteiger partial charge in [-0.05, 0) is 39.0 Å². The number of ether oxygens (including phenoxy) is 3. The van der Waals surface area contributed by atoms with Crippen molar-refractivity contribution in [2.75, 3.05) is 19.8 Å². The van der Waals surface area contributed by atoms with Crippen molar-refractivity contribution in [2.45, 2.75) is 72.0 Å². The van der Waals surface area contributed by atoms with Crippen LogP contribution in [-0.2, 0) is 23.8 Å². The zero-order valence-corrected chi connectivity index (χ0v) is 14.7. The van der Waals surface area contributed by atoms with Gasteiger partial charge in [0.15, 0.2) is 12.2 Å². The van der Waals surface area contributed by atoms with Crippen molar-refractivity contribution in [3.05, 3.63) is 0 Å². The van der Waals surface area contributed by atoms with Crippen LogP contribution in [0.1, 0.15) is 65.7 Å². The first-order chi connectivity index (χ1) is 11.1. The summed E-state index contributed by atoms with van der Waals surface area (Å²) >= 11 is 0. The van der Waals surface area contributed by atoms with Crippen LogP contribution in [0.15, 0.2) is 0 Å². The number of aliphatic hydroxyl groups is 1. The van der Waals surface area contributed by atoms with Gasteiger partial charge in [-0.2, -0.15) is 0 Å². The summed E-state index contributed by atoms with van der Waals surface area (Å²) < 4.78 is 15.2. The first kappa shape index (κ1) is 21.9. The maximum atomic E-state index is 11.9. The van der Waals surface area contributed by atoms with E-state index in [0.717, 1.165) is 19.3 Å². The van der Waals surface area contributed by atoms with Gasteiger partial charge in [0.2, 0.25) is 0 Å². The summed E-state index contributed by atoms with van der Waals surface area (Å²) in [5.41, 5.74) is 0. The Kier molecular flexibility index (Phi) is 13.7. The smallest absolute Gasteiger partial charge is 0.320 e. The number of carbonyl (C=O) groups excluding carboxylic acids is 2. The first-order valence-electron chi connectivity index (χ1n) is 8.69. The van der Waals surface area contributed by atoms with E-state index in [4.69, 9.17) is 14.2 Å². The van der Waals surface area contributed by atoms with E-state index in [1.54, 1.807) is 6.92 Å². The molecule has 136 valence electrons. The van der Waals surface area contributed by atoms with E-state index in [1.807, 2.05) is 6.92 Å². The molecule has 0 aliphatic rings. The Bertz CT molecular complexity index is 318. The fraction of sp³-hybridized carbons (Fsp3) is 0.882. The average molecular weight is 332 g/mol. The monoisotopic (exact) mass is 332 g/mol. The van der Waals surface area contributed by atoms with Crippen LogP contribution in [0.25, 0.3) is 0 Å². The molecule has 6 nitrogen and oxygen atoms in total. The Morgan fingerprint density at radius 2 is 1.57 bits per heavy atom. The van der Waals surface area contributed by atoms with E-state index in [9.17, 15) is 14.7 Å². The number of hydrogen-bond acceptors (Lipinski definition) is 6. The summed E-state index contributed by atoms with van der Waals surface area (Å²) in [6.45, 7) is 6.72. The average Bonchev–Trinajstić information content (AvgIpc) is 2.53. The number of carbonyl (C=O) groups is 2. The van der Waals surface area contributed by atoms with Crippen molar-refractivity contribution < 1.29 is 28.9 Å². The Hall–Kier alpha value is -1.14. The van der Waals surface area contributed by atoms with Crippen LogP contribution in [0.3, 0.4) is 0 Å². The molecule has 0 saturated heterocycles. The maximum absolute atomic E-state index is 11.9. The lowest BCUT2D eigenvalue weighted by Crippen LogP contribution is -2.28. The standard InChI is InChI=1S/C17H32O6/c1-4-7-8-13-22-15(18)11-9-10-14(16(19)21-6-3)17(20)23-12-5-2/h14-15,18H,4-13H2,1-3H3. The summed E-state index contributed by atoms with van der Waals surface area (Å²) in [6.07, 6.45) is 4.08. The van der Waals surface area contributed by atoms with Crippen molar-refractivity contribution in [2.24, 2.45) is 5.92 Å². The molecule has 2 atom stereocenters. The first-order valence-corrected chi connectivity index (χ1v) is 8.69. The third-order valence-corrected chi connectivity index (χ3v) is 3.31. The summed E-state index contributed by atoms with van der Waals surface area (Å²) in [4.78, 5) is 23.8. The second-order valence-corrected chi connectivity index (χ2v) is 5.44. The van der Waals surface area contributed by atoms with Gasteiger partial charge < -0.3 is 19.3 Å². The number of unbranched alkanes of at least 4 members (excludes halogenated alkanes) is 2. The lowest BCUT2D eigenvalue weighted by molar-refractivity contribution is -0.162. The molecule has 0 amide bonds. The lowest BCUT2D eigenvalue weighted by atomic mass is 10.0. The van der Waals surface area contributed by atoms with Gasteiger partial charge in [0, 0.05) is 6.61 Å². The summed E-state index contributed by atoms with van der Waals surface area (Å²) in [5.74, 6) is -2.04. The fourth-order valence-electron chi connectivity index (χ4n) is 2.03. The minimum absolute atomic E-state index is 0.222. The van der Waals surface area contributed by atoms with Crippen LogP contribution >= 0.6 is 0 Å². The van der Waals surface area contributed by atoms with Crippen LogP contribution in [0, 0.1) is 5.92 Å². The van der Waals surface area contributed by atoms with Crippen LogP contribution in [0.4, 0.5) is 0 Å². The molecular formula is C17H32O6. The quantitative estimate of drug-likeness (QED) is 0.228. The maximum Gasteiger partial charge on any atom is 0.320 e. The van der Waals surface area contributed by atoms with Gasteiger partial charge in [0.25, 0.3) is 0 Å². The lowest BCUT2D eigenvalue weighted by Gasteiger charge is -2.16. The van der Waals surface area contributed by atoms with E-state index < -0.39 is 24.1 Å². The van der Waals surface area contributed by atoms with Crippen LogP contribution in [-0.4, -0.2) is 43.2 Å². The molecule has 0 bridgehead atoms. The summed E-state index contributed by atoms with van der Waals surface area (Å²) in [5, 5.41) is 9.73. The van der Waals surface area contributed by atoms with Crippen LogP contribution in [0.5, 0.6) is 0 Å². The zero-order chi connectivity index (χ0) is 17.5. The summed E-state index contributed by atoms with van der Waals surface area (Å²) in [6, 6.07) is 0. The number of rotatable bonds is 14. The van der Waals surface area contributed by atoms with E-state index in [-0.39, 0.29) is 19.6 Å². The zero-order valence-electron chi connectivity index (χ0n) is 14.7.